The third kappa shape index (κ3) is 1.38. The molecule has 0 aliphatic rings. The number of ether oxygens (including phenoxy) is 1. The van der Waals surface area contributed by atoms with Crippen molar-refractivity contribution >= 4 is 0 Å². The van der Waals surface area contributed by atoms with Crippen LogP contribution in [0.25, 0.3) is 0 Å². The van der Waals surface area contributed by atoms with Crippen molar-refractivity contribution < 1.29 is 9.84 Å². The van der Waals surface area contributed by atoms with Crippen molar-refractivity contribution in [3.05, 3.63) is 17.8 Å². The van der Waals surface area contributed by atoms with Crippen LogP contribution in [0, 0.1) is 11.3 Å². The molecule has 0 spiro atoms. The van der Waals surface area contributed by atoms with Crippen LogP contribution in [0.2, 0.25) is 0 Å². The summed E-state index contributed by atoms with van der Waals surface area (Å²) in [6, 6.07) is 4.61. The first-order valence-corrected chi connectivity index (χ1v) is 2.92. The molecule has 0 saturated carbocycles. The Morgan fingerprint density at radius 1 is 1.64 bits per heavy atom. The van der Waals surface area contributed by atoms with Gasteiger partial charge < -0.3 is 9.84 Å². The van der Waals surface area contributed by atoms with Gasteiger partial charge in [0.15, 0.2) is 5.75 Å². The second-order valence-corrected chi connectivity index (χ2v) is 1.84. The summed E-state index contributed by atoms with van der Waals surface area (Å²) >= 11 is 0. The predicted octanol–water partition coefficient (Wildman–Crippen LogP) is 0.667. The molecule has 0 aliphatic carbocycles. The van der Waals surface area contributed by atoms with E-state index in [1.807, 2.05) is 6.07 Å². The molecule has 0 atom stereocenters. The van der Waals surface area contributed by atoms with Gasteiger partial charge in [-0.15, -0.1) is 0 Å². The summed E-state index contributed by atoms with van der Waals surface area (Å²) in [5.74, 6) is 0.00977. The van der Waals surface area contributed by atoms with Crippen LogP contribution in [0.5, 0.6) is 11.6 Å². The van der Waals surface area contributed by atoms with E-state index in [1.165, 1.54) is 19.2 Å². The maximum absolute atomic E-state index is 9.03. The molecule has 0 aliphatic heterocycles. The number of pyridine rings is 1. The molecule has 1 aromatic rings. The zero-order chi connectivity index (χ0) is 8.27. The van der Waals surface area contributed by atoms with Gasteiger partial charge in [-0.25, -0.2) is 0 Å². The van der Waals surface area contributed by atoms with Gasteiger partial charge in [-0.2, -0.15) is 10.2 Å². The Bertz CT molecular complexity index is 304. The fourth-order valence-electron chi connectivity index (χ4n) is 0.646. The van der Waals surface area contributed by atoms with E-state index in [1.54, 1.807) is 0 Å². The lowest BCUT2D eigenvalue weighted by Gasteiger charge is -1.99. The van der Waals surface area contributed by atoms with E-state index in [9.17, 15) is 0 Å². The van der Waals surface area contributed by atoms with Crippen LogP contribution in [-0.4, -0.2) is 17.2 Å². The van der Waals surface area contributed by atoms with Gasteiger partial charge in [-0.1, -0.05) is 0 Å². The number of hydrogen-bond acceptors (Lipinski definition) is 4. The molecule has 0 amide bonds. The lowest BCUT2D eigenvalue weighted by atomic mass is 10.3. The lowest BCUT2D eigenvalue weighted by Crippen LogP contribution is -1.89. The van der Waals surface area contributed by atoms with Crippen LogP contribution in [0.4, 0.5) is 0 Å². The van der Waals surface area contributed by atoms with E-state index in [0.717, 1.165) is 0 Å². The highest BCUT2D eigenvalue weighted by atomic mass is 16.5. The van der Waals surface area contributed by atoms with Crippen LogP contribution < -0.4 is 4.74 Å². The largest absolute Gasteiger partial charge is 0.503 e. The molecule has 0 fully saturated rings. The third-order valence-electron chi connectivity index (χ3n) is 1.15. The topological polar surface area (TPSA) is 66.1 Å². The Morgan fingerprint density at radius 3 is 2.91 bits per heavy atom. The van der Waals surface area contributed by atoms with Crippen LogP contribution in [-0.2, 0) is 0 Å². The fraction of sp³-hybridized carbons (Fsp3) is 0.143. The minimum Gasteiger partial charge on any atom is -0.503 e. The fourth-order valence-corrected chi connectivity index (χ4v) is 0.646. The lowest BCUT2D eigenvalue weighted by molar-refractivity contribution is 0.358. The standard InChI is InChI=1S/C7H6N2O2/c1-11-7-6(10)3-2-5(4-8)9-7/h2-3,10H,1H3. The van der Waals surface area contributed by atoms with Gasteiger partial charge in [-0.05, 0) is 12.1 Å². The van der Waals surface area contributed by atoms with Crippen molar-refractivity contribution in [2.24, 2.45) is 0 Å². The Balaban J connectivity index is 3.15. The second-order valence-electron chi connectivity index (χ2n) is 1.84. The van der Waals surface area contributed by atoms with Gasteiger partial charge in [0.25, 0.3) is 5.88 Å². The van der Waals surface area contributed by atoms with Gasteiger partial charge in [0.1, 0.15) is 11.8 Å². The average molecular weight is 150 g/mol. The van der Waals surface area contributed by atoms with Crippen LogP contribution in [0.3, 0.4) is 0 Å². The van der Waals surface area contributed by atoms with E-state index in [0.29, 0.717) is 0 Å². The zero-order valence-electron chi connectivity index (χ0n) is 5.90. The first kappa shape index (κ1) is 7.35. The summed E-state index contributed by atoms with van der Waals surface area (Å²) < 4.78 is 4.68. The molecule has 56 valence electrons. The van der Waals surface area contributed by atoms with Crippen LogP contribution >= 0.6 is 0 Å². The number of nitrogens with zero attached hydrogens (tertiary/aromatic N) is 2. The number of methoxy groups -OCH3 is 1. The normalized spacial score (nSPS) is 8.73. The Hall–Kier alpha value is -1.76. The molecule has 1 rings (SSSR count). The van der Waals surface area contributed by atoms with E-state index in [4.69, 9.17) is 10.4 Å². The molecule has 0 aromatic carbocycles. The Kier molecular flexibility index (Phi) is 1.93. The van der Waals surface area contributed by atoms with Gasteiger partial charge in [0.2, 0.25) is 0 Å². The summed E-state index contributed by atoms with van der Waals surface area (Å²) in [5.41, 5.74) is 0.222. The molecule has 0 saturated heterocycles. The molecular formula is C7H6N2O2. The number of aromatic nitrogens is 1. The van der Waals surface area contributed by atoms with Crippen molar-refractivity contribution in [3.63, 3.8) is 0 Å². The number of rotatable bonds is 1. The van der Waals surface area contributed by atoms with Gasteiger partial charge >= 0.3 is 0 Å². The summed E-state index contributed by atoms with van der Waals surface area (Å²) in [6.45, 7) is 0. The van der Waals surface area contributed by atoms with Crippen LogP contribution in [0.1, 0.15) is 5.69 Å². The molecule has 4 nitrogen and oxygen atoms in total. The predicted molar refractivity (Wildman–Crippen MR) is 37.2 cm³/mol. The van der Waals surface area contributed by atoms with Crippen molar-refractivity contribution in [1.82, 2.24) is 4.98 Å². The highest BCUT2D eigenvalue weighted by Crippen LogP contribution is 2.21. The summed E-state index contributed by atoms with van der Waals surface area (Å²) in [4.78, 5) is 3.68. The first-order chi connectivity index (χ1) is 5.27. The molecule has 0 bridgehead atoms. The molecule has 1 heterocycles. The van der Waals surface area contributed by atoms with Gasteiger partial charge in [0.05, 0.1) is 7.11 Å². The maximum Gasteiger partial charge on any atom is 0.257 e. The highest BCUT2D eigenvalue weighted by molar-refractivity contribution is 5.36. The number of hydrogen-bond donors (Lipinski definition) is 1. The quantitative estimate of drug-likeness (QED) is 0.638. The second kappa shape index (κ2) is 2.88. The van der Waals surface area contributed by atoms with E-state index < -0.39 is 0 Å². The van der Waals surface area contributed by atoms with E-state index in [2.05, 4.69) is 9.72 Å². The maximum atomic E-state index is 9.03. The first-order valence-electron chi connectivity index (χ1n) is 2.92. The molecule has 0 radical (unpaired) electrons. The smallest absolute Gasteiger partial charge is 0.257 e. The number of aromatic hydroxyl groups is 1. The summed E-state index contributed by atoms with van der Waals surface area (Å²) in [5, 5.41) is 17.4. The van der Waals surface area contributed by atoms with Crippen LogP contribution in [0.15, 0.2) is 12.1 Å². The third-order valence-corrected chi connectivity index (χ3v) is 1.15. The van der Waals surface area contributed by atoms with Gasteiger partial charge in [-0.3, -0.25) is 0 Å². The summed E-state index contributed by atoms with van der Waals surface area (Å²) in [6.07, 6.45) is 0. The molecular weight excluding hydrogens is 144 g/mol. The molecule has 1 N–H and O–H groups in total. The zero-order valence-corrected chi connectivity index (χ0v) is 5.90. The summed E-state index contributed by atoms with van der Waals surface area (Å²) in [7, 11) is 1.38. The minimum atomic E-state index is -0.0634. The van der Waals surface area contributed by atoms with Crippen molar-refractivity contribution in [2.45, 2.75) is 0 Å². The highest BCUT2D eigenvalue weighted by Gasteiger charge is 2.02. The van der Waals surface area contributed by atoms with E-state index >= 15 is 0 Å². The molecule has 1 aromatic heterocycles. The number of nitriles is 1. The van der Waals surface area contributed by atoms with Crippen molar-refractivity contribution in [3.8, 4) is 17.7 Å². The Morgan fingerprint density at radius 2 is 2.36 bits per heavy atom. The van der Waals surface area contributed by atoms with E-state index in [-0.39, 0.29) is 17.3 Å². The molecule has 4 heteroatoms. The average Bonchev–Trinajstić information content (AvgIpc) is 2.05. The van der Waals surface area contributed by atoms with Gasteiger partial charge in [0, 0.05) is 0 Å². The molecule has 0 unspecified atom stereocenters. The SMILES string of the molecule is COc1nc(C#N)ccc1O. The van der Waals surface area contributed by atoms with Crippen molar-refractivity contribution in [1.29, 1.82) is 5.26 Å². The minimum absolute atomic E-state index is 0.0634. The monoisotopic (exact) mass is 150 g/mol. The molecule has 11 heavy (non-hydrogen) atoms. The van der Waals surface area contributed by atoms with Crippen molar-refractivity contribution in [2.75, 3.05) is 7.11 Å². The Labute approximate surface area is 63.7 Å².